The standard InChI is InChI=1S/C12H8BrClN4/c13-9-5-17-6-10(16)12(9)18-11-3-8(14)2-1-7(11)4-15/h1-3,5-6H,16H2,(H,17,18). The lowest BCUT2D eigenvalue weighted by atomic mass is 10.2. The van der Waals surface area contributed by atoms with Crippen molar-refractivity contribution in [2.75, 3.05) is 11.1 Å². The molecule has 4 nitrogen and oxygen atoms in total. The van der Waals surface area contributed by atoms with Crippen LogP contribution in [0, 0.1) is 11.3 Å². The highest BCUT2D eigenvalue weighted by Gasteiger charge is 2.08. The van der Waals surface area contributed by atoms with Gasteiger partial charge in [0.25, 0.3) is 0 Å². The van der Waals surface area contributed by atoms with Crippen LogP contribution in [0.1, 0.15) is 5.56 Å². The summed E-state index contributed by atoms with van der Waals surface area (Å²) in [7, 11) is 0. The predicted molar refractivity (Wildman–Crippen MR) is 75.8 cm³/mol. The van der Waals surface area contributed by atoms with Crippen LogP contribution in [0.15, 0.2) is 35.1 Å². The number of benzene rings is 1. The van der Waals surface area contributed by atoms with E-state index in [-0.39, 0.29) is 0 Å². The molecule has 0 saturated heterocycles. The van der Waals surface area contributed by atoms with Crippen molar-refractivity contribution in [1.29, 1.82) is 5.26 Å². The average molecular weight is 324 g/mol. The number of rotatable bonds is 2. The first-order valence-electron chi connectivity index (χ1n) is 4.97. The summed E-state index contributed by atoms with van der Waals surface area (Å²) >= 11 is 9.26. The molecule has 1 aromatic heterocycles. The number of aromatic nitrogens is 1. The Labute approximate surface area is 118 Å². The zero-order chi connectivity index (χ0) is 13.1. The van der Waals surface area contributed by atoms with Gasteiger partial charge in [0.15, 0.2) is 0 Å². The Morgan fingerprint density at radius 3 is 2.83 bits per heavy atom. The Bertz CT molecular complexity index is 616. The van der Waals surface area contributed by atoms with Crippen LogP contribution in [-0.4, -0.2) is 4.98 Å². The Morgan fingerprint density at radius 2 is 2.17 bits per heavy atom. The molecular weight excluding hydrogens is 316 g/mol. The first-order valence-corrected chi connectivity index (χ1v) is 6.14. The van der Waals surface area contributed by atoms with E-state index >= 15 is 0 Å². The van der Waals surface area contributed by atoms with Gasteiger partial charge in [0.1, 0.15) is 6.07 Å². The number of nitrogens with zero attached hydrogens (tertiary/aromatic N) is 2. The fraction of sp³-hybridized carbons (Fsp3) is 0. The number of nitriles is 1. The lowest BCUT2D eigenvalue weighted by Gasteiger charge is -2.12. The molecule has 0 aliphatic carbocycles. The number of anilines is 3. The molecule has 18 heavy (non-hydrogen) atoms. The molecule has 0 unspecified atom stereocenters. The summed E-state index contributed by atoms with van der Waals surface area (Å²) in [4.78, 5) is 3.94. The van der Waals surface area contributed by atoms with E-state index in [2.05, 4.69) is 32.3 Å². The molecule has 0 saturated carbocycles. The van der Waals surface area contributed by atoms with Gasteiger partial charge in [-0.1, -0.05) is 11.6 Å². The summed E-state index contributed by atoms with van der Waals surface area (Å²) in [5, 5.41) is 12.7. The fourth-order valence-corrected chi connectivity index (χ4v) is 2.05. The third kappa shape index (κ3) is 2.55. The van der Waals surface area contributed by atoms with Gasteiger partial charge in [-0.3, -0.25) is 4.98 Å². The second-order valence-corrected chi connectivity index (χ2v) is 4.80. The molecule has 1 aromatic carbocycles. The third-order valence-corrected chi connectivity index (χ3v) is 3.13. The highest BCUT2D eigenvalue weighted by atomic mass is 79.9. The Hall–Kier alpha value is -1.77. The molecule has 3 N–H and O–H groups in total. The maximum Gasteiger partial charge on any atom is 0.101 e. The van der Waals surface area contributed by atoms with E-state index in [4.69, 9.17) is 22.6 Å². The van der Waals surface area contributed by atoms with E-state index in [0.29, 0.717) is 32.1 Å². The number of halogens is 2. The number of hydrogen-bond acceptors (Lipinski definition) is 4. The average Bonchev–Trinajstić information content (AvgIpc) is 2.34. The smallest absolute Gasteiger partial charge is 0.101 e. The highest BCUT2D eigenvalue weighted by molar-refractivity contribution is 9.10. The molecule has 0 radical (unpaired) electrons. The van der Waals surface area contributed by atoms with Gasteiger partial charge in [-0.25, -0.2) is 0 Å². The van der Waals surface area contributed by atoms with E-state index in [9.17, 15) is 0 Å². The minimum absolute atomic E-state index is 0.480. The maximum absolute atomic E-state index is 9.04. The first-order chi connectivity index (χ1) is 8.61. The van der Waals surface area contributed by atoms with Crippen LogP contribution < -0.4 is 11.1 Å². The summed E-state index contributed by atoms with van der Waals surface area (Å²) in [6.07, 6.45) is 3.15. The molecule has 0 atom stereocenters. The monoisotopic (exact) mass is 322 g/mol. The summed E-state index contributed by atoms with van der Waals surface area (Å²) < 4.78 is 0.714. The normalized spacial score (nSPS) is 9.83. The van der Waals surface area contributed by atoms with Crippen molar-refractivity contribution in [3.8, 4) is 6.07 Å². The van der Waals surface area contributed by atoms with Crippen molar-refractivity contribution in [3.63, 3.8) is 0 Å². The van der Waals surface area contributed by atoms with Crippen molar-refractivity contribution in [3.05, 3.63) is 45.7 Å². The number of nitrogen functional groups attached to an aromatic ring is 1. The molecule has 0 aliphatic heterocycles. The van der Waals surface area contributed by atoms with Gasteiger partial charge in [-0.2, -0.15) is 5.26 Å². The maximum atomic E-state index is 9.04. The van der Waals surface area contributed by atoms with Gasteiger partial charge < -0.3 is 11.1 Å². The molecule has 2 rings (SSSR count). The number of nitrogens with two attached hydrogens (primary N) is 1. The zero-order valence-electron chi connectivity index (χ0n) is 9.11. The van der Waals surface area contributed by atoms with Crippen molar-refractivity contribution in [2.24, 2.45) is 0 Å². The lowest BCUT2D eigenvalue weighted by molar-refractivity contribution is 1.31. The molecule has 90 valence electrons. The minimum Gasteiger partial charge on any atom is -0.396 e. The topological polar surface area (TPSA) is 74.7 Å². The zero-order valence-corrected chi connectivity index (χ0v) is 11.5. The minimum atomic E-state index is 0.480. The van der Waals surface area contributed by atoms with Crippen molar-refractivity contribution in [1.82, 2.24) is 4.98 Å². The fourth-order valence-electron chi connectivity index (χ4n) is 1.43. The molecular formula is C12H8BrClN4. The number of hydrogen-bond donors (Lipinski definition) is 2. The third-order valence-electron chi connectivity index (χ3n) is 2.29. The molecule has 2 aromatic rings. The molecule has 0 bridgehead atoms. The van der Waals surface area contributed by atoms with Crippen LogP contribution in [0.5, 0.6) is 0 Å². The first kappa shape index (κ1) is 12.7. The second kappa shape index (κ2) is 5.25. The molecule has 0 aliphatic rings. The molecule has 0 spiro atoms. The molecule has 1 heterocycles. The second-order valence-electron chi connectivity index (χ2n) is 3.51. The summed E-state index contributed by atoms with van der Waals surface area (Å²) in [5.74, 6) is 0. The predicted octanol–water partition coefficient (Wildman–Crippen LogP) is 3.69. The quantitative estimate of drug-likeness (QED) is 0.883. The summed E-state index contributed by atoms with van der Waals surface area (Å²) in [6, 6.07) is 7.07. The van der Waals surface area contributed by atoms with Crippen LogP contribution in [0.25, 0.3) is 0 Å². The van der Waals surface area contributed by atoms with E-state index in [0.717, 1.165) is 0 Å². The Morgan fingerprint density at radius 1 is 1.39 bits per heavy atom. The van der Waals surface area contributed by atoms with E-state index < -0.39 is 0 Å². The molecule has 0 amide bonds. The molecule has 6 heteroatoms. The van der Waals surface area contributed by atoms with Gasteiger partial charge in [0.2, 0.25) is 0 Å². The Balaban J connectivity index is 2.46. The van der Waals surface area contributed by atoms with Crippen LogP contribution >= 0.6 is 27.5 Å². The van der Waals surface area contributed by atoms with Crippen LogP contribution in [0.3, 0.4) is 0 Å². The van der Waals surface area contributed by atoms with Gasteiger partial charge in [-0.15, -0.1) is 0 Å². The largest absolute Gasteiger partial charge is 0.396 e. The summed E-state index contributed by atoms with van der Waals surface area (Å²) in [5.41, 5.74) is 8.05. The number of nitrogens with one attached hydrogen (secondary N) is 1. The van der Waals surface area contributed by atoms with Gasteiger partial charge in [0.05, 0.1) is 33.3 Å². The highest BCUT2D eigenvalue weighted by Crippen LogP contribution is 2.32. The van der Waals surface area contributed by atoms with Crippen molar-refractivity contribution in [2.45, 2.75) is 0 Å². The molecule has 0 fully saturated rings. The van der Waals surface area contributed by atoms with Crippen LogP contribution in [-0.2, 0) is 0 Å². The van der Waals surface area contributed by atoms with Crippen molar-refractivity contribution < 1.29 is 0 Å². The van der Waals surface area contributed by atoms with Gasteiger partial charge >= 0.3 is 0 Å². The lowest BCUT2D eigenvalue weighted by Crippen LogP contribution is -1.99. The summed E-state index contributed by atoms with van der Waals surface area (Å²) in [6.45, 7) is 0. The van der Waals surface area contributed by atoms with Crippen LogP contribution in [0.4, 0.5) is 17.1 Å². The van der Waals surface area contributed by atoms with E-state index in [1.165, 1.54) is 6.20 Å². The van der Waals surface area contributed by atoms with E-state index in [1.807, 2.05) is 0 Å². The van der Waals surface area contributed by atoms with Crippen LogP contribution in [0.2, 0.25) is 5.02 Å². The van der Waals surface area contributed by atoms with E-state index in [1.54, 1.807) is 24.4 Å². The van der Waals surface area contributed by atoms with Crippen molar-refractivity contribution >= 4 is 44.6 Å². The van der Waals surface area contributed by atoms with Gasteiger partial charge in [-0.05, 0) is 34.1 Å². The van der Waals surface area contributed by atoms with Gasteiger partial charge in [0, 0.05) is 11.2 Å². The SMILES string of the molecule is N#Cc1ccc(Cl)cc1Nc1c(N)cncc1Br. The Kier molecular flexibility index (Phi) is 3.70. The number of pyridine rings is 1.